The van der Waals surface area contributed by atoms with Crippen LogP contribution in [0.2, 0.25) is 0 Å². The third kappa shape index (κ3) is 3.23. The van der Waals surface area contributed by atoms with Crippen LogP contribution in [-0.4, -0.2) is 22.7 Å². The highest BCUT2D eigenvalue weighted by Gasteiger charge is 2.15. The SMILES string of the molecule is c1ccc(COCC2SCCS2)cc1. The molecule has 1 fully saturated rings. The van der Waals surface area contributed by atoms with Crippen molar-refractivity contribution in [2.45, 2.75) is 11.2 Å². The molecule has 0 aliphatic carbocycles. The van der Waals surface area contributed by atoms with Crippen LogP contribution < -0.4 is 0 Å². The number of rotatable bonds is 4. The van der Waals surface area contributed by atoms with Gasteiger partial charge in [-0.05, 0) is 5.56 Å². The van der Waals surface area contributed by atoms with Gasteiger partial charge in [-0.25, -0.2) is 0 Å². The summed E-state index contributed by atoms with van der Waals surface area (Å²) in [5.74, 6) is 2.56. The second-order valence-electron chi connectivity index (χ2n) is 3.17. The fourth-order valence-electron chi connectivity index (χ4n) is 1.35. The Morgan fingerprint density at radius 1 is 1.14 bits per heavy atom. The number of ether oxygens (including phenoxy) is 1. The lowest BCUT2D eigenvalue weighted by atomic mass is 10.2. The topological polar surface area (TPSA) is 9.23 Å². The van der Waals surface area contributed by atoms with Gasteiger partial charge >= 0.3 is 0 Å². The zero-order valence-corrected chi connectivity index (χ0v) is 9.65. The first-order valence-corrected chi connectivity index (χ1v) is 6.90. The molecule has 0 saturated carbocycles. The van der Waals surface area contributed by atoms with Crippen LogP contribution in [-0.2, 0) is 11.3 Å². The molecule has 1 aromatic rings. The summed E-state index contributed by atoms with van der Waals surface area (Å²) in [7, 11) is 0. The molecule has 14 heavy (non-hydrogen) atoms. The molecular weight excluding hydrogens is 212 g/mol. The minimum absolute atomic E-state index is 0.665. The Morgan fingerprint density at radius 3 is 2.57 bits per heavy atom. The Hall–Kier alpha value is -0.120. The Morgan fingerprint density at radius 2 is 1.86 bits per heavy atom. The largest absolute Gasteiger partial charge is 0.375 e. The second-order valence-corrected chi connectivity index (χ2v) is 6.09. The van der Waals surface area contributed by atoms with Crippen LogP contribution in [0.15, 0.2) is 30.3 Å². The molecule has 0 spiro atoms. The smallest absolute Gasteiger partial charge is 0.0736 e. The van der Waals surface area contributed by atoms with Crippen LogP contribution in [0.3, 0.4) is 0 Å². The van der Waals surface area contributed by atoms with Crippen LogP contribution in [0, 0.1) is 0 Å². The van der Waals surface area contributed by atoms with Crippen molar-refractivity contribution in [2.75, 3.05) is 18.1 Å². The van der Waals surface area contributed by atoms with Crippen LogP contribution in [0.25, 0.3) is 0 Å². The van der Waals surface area contributed by atoms with E-state index in [0.717, 1.165) is 13.2 Å². The van der Waals surface area contributed by atoms with E-state index in [9.17, 15) is 0 Å². The zero-order valence-electron chi connectivity index (χ0n) is 8.02. The Bertz CT molecular complexity index is 257. The van der Waals surface area contributed by atoms with Gasteiger partial charge in [-0.2, -0.15) is 0 Å². The first-order valence-electron chi connectivity index (χ1n) is 4.80. The predicted molar refractivity (Wildman–Crippen MR) is 64.8 cm³/mol. The Kier molecular flexibility index (Phi) is 4.22. The van der Waals surface area contributed by atoms with Gasteiger partial charge in [0, 0.05) is 11.5 Å². The summed E-state index contributed by atoms with van der Waals surface area (Å²) in [6.45, 7) is 1.63. The monoisotopic (exact) mass is 226 g/mol. The van der Waals surface area contributed by atoms with Gasteiger partial charge in [-0.15, -0.1) is 23.5 Å². The molecular formula is C11H14OS2. The van der Waals surface area contributed by atoms with Gasteiger partial charge in [0.15, 0.2) is 0 Å². The van der Waals surface area contributed by atoms with E-state index < -0.39 is 0 Å². The highest BCUT2D eigenvalue weighted by molar-refractivity contribution is 8.20. The van der Waals surface area contributed by atoms with Gasteiger partial charge in [0.25, 0.3) is 0 Å². The van der Waals surface area contributed by atoms with Crippen molar-refractivity contribution in [3.05, 3.63) is 35.9 Å². The lowest BCUT2D eigenvalue weighted by Crippen LogP contribution is -2.04. The first kappa shape index (κ1) is 10.4. The van der Waals surface area contributed by atoms with Crippen molar-refractivity contribution >= 4 is 23.5 Å². The van der Waals surface area contributed by atoms with E-state index in [1.165, 1.54) is 17.1 Å². The van der Waals surface area contributed by atoms with Crippen molar-refractivity contribution in [1.82, 2.24) is 0 Å². The van der Waals surface area contributed by atoms with Gasteiger partial charge in [-0.1, -0.05) is 30.3 Å². The third-order valence-corrected chi connectivity index (χ3v) is 5.03. The van der Waals surface area contributed by atoms with Crippen molar-refractivity contribution < 1.29 is 4.74 Å². The highest BCUT2D eigenvalue weighted by Crippen LogP contribution is 2.31. The van der Waals surface area contributed by atoms with Crippen molar-refractivity contribution in [2.24, 2.45) is 0 Å². The van der Waals surface area contributed by atoms with E-state index >= 15 is 0 Å². The minimum atomic E-state index is 0.665. The lowest BCUT2D eigenvalue weighted by Gasteiger charge is -2.08. The molecule has 1 aromatic carbocycles. The fourth-order valence-corrected chi connectivity index (χ4v) is 3.99. The number of hydrogen-bond acceptors (Lipinski definition) is 3. The van der Waals surface area contributed by atoms with Gasteiger partial charge in [0.1, 0.15) is 0 Å². The normalized spacial score (nSPS) is 17.4. The van der Waals surface area contributed by atoms with E-state index in [0.29, 0.717) is 4.58 Å². The summed E-state index contributed by atoms with van der Waals surface area (Å²) in [6.07, 6.45) is 0. The maximum atomic E-state index is 5.66. The van der Waals surface area contributed by atoms with Gasteiger partial charge in [-0.3, -0.25) is 0 Å². The summed E-state index contributed by atoms with van der Waals surface area (Å²) >= 11 is 4.03. The lowest BCUT2D eigenvalue weighted by molar-refractivity contribution is 0.133. The molecule has 0 radical (unpaired) electrons. The van der Waals surface area contributed by atoms with Crippen LogP contribution >= 0.6 is 23.5 Å². The van der Waals surface area contributed by atoms with Crippen molar-refractivity contribution in [3.8, 4) is 0 Å². The highest BCUT2D eigenvalue weighted by atomic mass is 32.2. The summed E-state index contributed by atoms with van der Waals surface area (Å²) in [5.41, 5.74) is 1.26. The number of benzene rings is 1. The molecule has 0 bridgehead atoms. The molecule has 0 atom stereocenters. The van der Waals surface area contributed by atoms with Crippen LogP contribution in [0.1, 0.15) is 5.56 Å². The maximum absolute atomic E-state index is 5.66. The number of hydrogen-bond donors (Lipinski definition) is 0. The Labute approximate surface area is 93.6 Å². The van der Waals surface area contributed by atoms with Gasteiger partial charge < -0.3 is 4.74 Å². The molecule has 0 amide bonds. The quantitative estimate of drug-likeness (QED) is 0.781. The van der Waals surface area contributed by atoms with E-state index in [-0.39, 0.29) is 0 Å². The summed E-state index contributed by atoms with van der Waals surface area (Å²) < 4.78 is 6.33. The molecule has 1 aliphatic heterocycles. The average Bonchev–Trinajstić information content (AvgIpc) is 2.72. The van der Waals surface area contributed by atoms with Gasteiger partial charge in [0.05, 0.1) is 17.8 Å². The summed E-state index contributed by atoms with van der Waals surface area (Å²) in [5, 5.41) is 0. The standard InChI is InChI=1S/C11H14OS2/c1-2-4-10(5-3-1)8-12-9-11-13-6-7-14-11/h1-5,11H,6-9H2. The maximum Gasteiger partial charge on any atom is 0.0736 e. The molecule has 0 unspecified atom stereocenters. The minimum Gasteiger partial charge on any atom is -0.375 e. The molecule has 2 rings (SSSR count). The molecule has 1 nitrogen and oxygen atoms in total. The van der Waals surface area contributed by atoms with Gasteiger partial charge in [0.2, 0.25) is 0 Å². The van der Waals surface area contributed by atoms with E-state index in [4.69, 9.17) is 4.74 Å². The average molecular weight is 226 g/mol. The summed E-state index contributed by atoms with van der Waals surface area (Å²) in [6, 6.07) is 10.4. The molecule has 1 aliphatic rings. The second kappa shape index (κ2) is 5.69. The van der Waals surface area contributed by atoms with E-state index in [2.05, 4.69) is 24.3 Å². The molecule has 0 N–H and O–H groups in total. The van der Waals surface area contributed by atoms with Crippen molar-refractivity contribution in [3.63, 3.8) is 0 Å². The third-order valence-electron chi connectivity index (χ3n) is 2.06. The van der Waals surface area contributed by atoms with Crippen molar-refractivity contribution in [1.29, 1.82) is 0 Å². The fraction of sp³-hybridized carbons (Fsp3) is 0.455. The Balaban J connectivity index is 1.67. The molecule has 1 saturated heterocycles. The van der Waals surface area contributed by atoms with Crippen LogP contribution in [0.4, 0.5) is 0 Å². The molecule has 1 heterocycles. The molecule has 76 valence electrons. The first-order chi connectivity index (χ1) is 6.95. The predicted octanol–water partition coefficient (Wildman–Crippen LogP) is 3.01. The van der Waals surface area contributed by atoms with E-state index in [1.807, 2.05) is 29.6 Å². The van der Waals surface area contributed by atoms with E-state index in [1.54, 1.807) is 0 Å². The summed E-state index contributed by atoms with van der Waals surface area (Å²) in [4.78, 5) is 0. The zero-order chi connectivity index (χ0) is 9.64. The molecule has 0 aromatic heterocycles. The molecule has 3 heteroatoms. The number of thioether (sulfide) groups is 2. The van der Waals surface area contributed by atoms with Crippen LogP contribution in [0.5, 0.6) is 0 Å².